The predicted molar refractivity (Wildman–Crippen MR) is 124 cm³/mol. The number of amidine groups is 1. The molecule has 2 aromatic rings. The lowest BCUT2D eigenvalue weighted by molar-refractivity contribution is -0.117. The van der Waals surface area contributed by atoms with E-state index in [1.807, 2.05) is 11.9 Å². The third kappa shape index (κ3) is 4.63. The van der Waals surface area contributed by atoms with E-state index in [-0.39, 0.29) is 10.8 Å². The van der Waals surface area contributed by atoms with Crippen LogP contribution in [0, 0.1) is 0 Å². The van der Waals surface area contributed by atoms with Gasteiger partial charge in [0, 0.05) is 43.7 Å². The van der Waals surface area contributed by atoms with Crippen molar-refractivity contribution in [3.8, 4) is 0 Å². The van der Waals surface area contributed by atoms with Crippen molar-refractivity contribution in [3.63, 3.8) is 0 Å². The molecule has 1 N–H and O–H groups in total. The molecule has 8 nitrogen and oxygen atoms in total. The number of benzene rings is 2. The number of hydrogen-bond acceptors (Lipinski definition) is 4. The Morgan fingerprint density at radius 1 is 1.06 bits per heavy atom. The number of nitrogens with zero attached hydrogens (tertiary/aromatic N) is 3. The highest BCUT2D eigenvalue weighted by molar-refractivity contribution is 7.90. The first-order chi connectivity index (χ1) is 15.2. The van der Waals surface area contributed by atoms with E-state index in [1.165, 1.54) is 24.3 Å². The van der Waals surface area contributed by atoms with Crippen LogP contribution in [0.3, 0.4) is 0 Å². The molecule has 0 unspecified atom stereocenters. The van der Waals surface area contributed by atoms with Gasteiger partial charge in [-0.15, -0.1) is 4.40 Å². The van der Waals surface area contributed by atoms with Crippen molar-refractivity contribution in [1.29, 1.82) is 0 Å². The van der Waals surface area contributed by atoms with E-state index in [2.05, 4.69) is 9.71 Å². The van der Waals surface area contributed by atoms with Gasteiger partial charge in [0.15, 0.2) is 0 Å². The van der Waals surface area contributed by atoms with E-state index in [0.717, 1.165) is 19.4 Å². The smallest absolute Gasteiger partial charge is 0.283 e. The molecule has 2 heterocycles. The number of likely N-dealkylation sites (tertiary alicyclic amines) is 1. The van der Waals surface area contributed by atoms with Crippen molar-refractivity contribution in [2.75, 3.05) is 30.4 Å². The second-order valence-corrected chi connectivity index (χ2v) is 9.84. The number of hydrogen-bond donors (Lipinski definition) is 1. The van der Waals surface area contributed by atoms with Crippen LogP contribution in [-0.4, -0.2) is 51.1 Å². The third-order valence-corrected chi connectivity index (χ3v) is 7.09. The van der Waals surface area contributed by atoms with Crippen molar-refractivity contribution in [2.24, 2.45) is 4.40 Å². The molecule has 2 aliphatic heterocycles. The Balaban J connectivity index is 1.53. The zero-order valence-electron chi connectivity index (χ0n) is 17.5. The molecule has 0 spiro atoms. The van der Waals surface area contributed by atoms with Crippen molar-refractivity contribution in [1.82, 2.24) is 4.90 Å². The summed E-state index contributed by atoms with van der Waals surface area (Å²) in [6, 6.07) is 10.6. The largest absolute Gasteiger partial charge is 0.362 e. The molecule has 0 atom stereocenters. The Morgan fingerprint density at radius 2 is 1.78 bits per heavy atom. The molecule has 0 saturated carbocycles. The third-order valence-electron chi connectivity index (χ3n) is 5.54. The van der Waals surface area contributed by atoms with E-state index in [4.69, 9.17) is 11.6 Å². The summed E-state index contributed by atoms with van der Waals surface area (Å²) in [5.74, 6) is 0.0827. The highest BCUT2D eigenvalue weighted by Gasteiger charge is 2.26. The number of sulfonamides is 1. The maximum Gasteiger partial charge on any atom is 0.283 e. The number of amides is 2. The molecule has 32 heavy (non-hydrogen) atoms. The summed E-state index contributed by atoms with van der Waals surface area (Å²) >= 11 is 6.10. The number of rotatable bonds is 5. The minimum atomic E-state index is -3.83. The number of carbonyl (C=O) groups is 2. The SMILES string of the molecule is CN1CCC/C1=N\S(=O)(=O)c1ccc(NC(=O)c2ccc(Cl)cc2N2CCCC2=O)cc1. The molecule has 0 bridgehead atoms. The Kier molecular flexibility index (Phi) is 6.21. The van der Waals surface area contributed by atoms with E-state index in [1.54, 1.807) is 23.1 Å². The number of halogens is 1. The fourth-order valence-electron chi connectivity index (χ4n) is 3.83. The maximum absolute atomic E-state index is 12.9. The fourth-order valence-corrected chi connectivity index (χ4v) is 5.09. The average molecular weight is 475 g/mol. The highest BCUT2D eigenvalue weighted by Crippen LogP contribution is 2.29. The van der Waals surface area contributed by atoms with Gasteiger partial charge in [-0.25, -0.2) is 0 Å². The van der Waals surface area contributed by atoms with Gasteiger partial charge in [-0.2, -0.15) is 8.42 Å². The lowest BCUT2D eigenvalue weighted by Gasteiger charge is -2.19. The first-order valence-corrected chi connectivity index (χ1v) is 12.1. The zero-order valence-corrected chi connectivity index (χ0v) is 19.1. The van der Waals surface area contributed by atoms with Gasteiger partial charge >= 0.3 is 0 Å². The monoisotopic (exact) mass is 474 g/mol. The van der Waals surface area contributed by atoms with Gasteiger partial charge in [0.1, 0.15) is 5.84 Å². The molecular formula is C22H23ClN4O4S. The molecule has 2 amide bonds. The number of anilines is 2. The van der Waals surface area contributed by atoms with Gasteiger partial charge in [-0.05, 0) is 55.3 Å². The molecule has 168 valence electrons. The highest BCUT2D eigenvalue weighted by atomic mass is 35.5. The van der Waals surface area contributed by atoms with Crippen LogP contribution in [0.1, 0.15) is 36.0 Å². The van der Waals surface area contributed by atoms with Gasteiger partial charge in [-0.3, -0.25) is 9.59 Å². The minimum absolute atomic E-state index is 0.0506. The van der Waals surface area contributed by atoms with Crippen LogP contribution in [0.2, 0.25) is 5.02 Å². The van der Waals surface area contributed by atoms with Crippen LogP contribution in [0.15, 0.2) is 51.8 Å². The van der Waals surface area contributed by atoms with Gasteiger partial charge in [-0.1, -0.05) is 11.6 Å². The molecule has 0 aromatic heterocycles. The van der Waals surface area contributed by atoms with Crippen LogP contribution in [-0.2, 0) is 14.8 Å². The fraction of sp³-hybridized carbons (Fsp3) is 0.318. The molecule has 2 fully saturated rings. The van der Waals surface area contributed by atoms with E-state index in [0.29, 0.717) is 47.2 Å². The molecule has 0 radical (unpaired) electrons. The Morgan fingerprint density at radius 3 is 2.41 bits per heavy atom. The van der Waals surface area contributed by atoms with Crippen molar-refractivity contribution < 1.29 is 18.0 Å². The summed E-state index contributed by atoms with van der Waals surface area (Å²) in [6.07, 6.45) is 2.67. The molecule has 10 heteroatoms. The lowest BCUT2D eigenvalue weighted by Crippen LogP contribution is -2.27. The predicted octanol–water partition coefficient (Wildman–Crippen LogP) is 3.53. The first kappa shape index (κ1) is 22.3. The van der Waals surface area contributed by atoms with Gasteiger partial charge in [0.25, 0.3) is 15.9 Å². The average Bonchev–Trinajstić information content (AvgIpc) is 3.36. The molecule has 2 aliphatic rings. The Labute approximate surface area is 191 Å². The van der Waals surface area contributed by atoms with Gasteiger partial charge in [0.05, 0.1) is 16.1 Å². The van der Waals surface area contributed by atoms with E-state index < -0.39 is 15.9 Å². The summed E-state index contributed by atoms with van der Waals surface area (Å²) in [7, 11) is -2.01. The summed E-state index contributed by atoms with van der Waals surface area (Å²) < 4.78 is 29.1. The van der Waals surface area contributed by atoms with Crippen molar-refractivity contribution in [3.05, 3.63) is 53.1 Å². The van der Waals surface area contributed by atoms with Crippen molar-refractivity contribution in [2.45, 2.75) is 30.6 Å². The molecule has 0 aliphatic carbocycles. The second kappa shape index (κ2) is 8.91. The molecule has 2 saturated heterocycles. The van der Waals surface area contributed by atoms with E-state index >= 15 is 0 Å². The topological polar surface area (TPSA) is 99.2 Å². The standard InChI is InChI=1S/C22H23ClN4O4S/c1-26-12-2-4-20(26)25-32(30,31)17-9-7-16(8-10-17)24-22(29)18-11-6-15(23)14-19(18)27-13-3-5-21(27)28/h6-11,14H,2-5,12-13H2,1H3,(H,24,29)/b25-20+. The van der Waals surface area contributed by atoms with Gasteiger partial charge < -0.3 is 15.1 Å². The van der Waals surface area contributed by atoms with Crippen LogP contribution >= 0.6 is 11.6 Å². The first-order valence-electron chi connectivity index (χ1n) is 10.3. The Hall–Kier alpha value is -2.91. The van der Waals surface area contributed by atoms with Crippen LogP contribution in [0.25, 0.3) is 0 Å². The minimum Gasteiger partial charge on any atom is -0.362 e. The summed E-state index contributed by atoms with van der Waals surface area (Å²) in [6.45, 7) is 1.32. The number of carbonyl (C=O) groups excluding carboxylic acids is 2. The van der Waals surface area contributed by atoms with Crippen molar-refractivity contribution >= 4 is 50.6 Å². The van der Waals surface area contributed by atoms with Crippen LogP contribution in [0.4, 0.5) is 11.4 Å². The summed E-state index contributed by atoms with van der Waals surface area (Å²) in [4.78, 5) is 28.5. The van der Waals surface area contributed by atoms with Crippen LogP contribution in [0.5, 0.6) is 0 Å². The lowest BCUT2D eigenvalue weighted by atomic mass is 10.1. The quantitative estimate of drug-likeness (QED) is 0.714. The van der Waals surface area contributed by atoms with Gasteiger partial charge in [0.2, 0.25) is 5.91 Å². The normalized spacial score (nSPS) is 17.9. The summed E-state index contributed by atoms with van der Waals surface area (Å²) in [5.41, 5.74) is 1.21. The second-order valence-electron chi connectivity index (χ2n) is 7.80. The Bertz CT molecular complexity index is 1190. The summed E-state index contributed by atoms with van der Waals surface area (Å²) in [5, 5.41) is 3.19. The molecule has 4 rings (SSSR count). The van der Waals surface area contributed by atoms with Crippen LogP contribution < -0.4 is 10.2 Å². The maximum atomic E-state index is 12.9. The van der Waals surface area contributed by atoms with E-state index in [9.17, 15) is 18.0 Å². The molecular weight excluding hydrogens is 452 g/mol. The molecule has 2 aromatic carbocycles. The number of nitrogens with one attached hydrogen (secondary N) is 1. The zero-order chi connectivity index (χ0) is 22.9.